The molecule has 0 saturated heterocycles. The molecule has 0 bridgehead atoms. The molecule has 4 nitrogen and oxygen atoms in total. The van der Waals surface area contributed by atoms with Crippen LogP contribution in [0.2, 0.25) is 0 Å². The van der Waals surface area contributed by atoms with Crippen molar-refractivity contribution in [2.24, 2.45) is 5.41 Å². The minimum atomic E-state index is 0.0915. The molecule has 0 unspecified atom stereocenters. The third-order valence-electron chi connectivity index (χ3n) is 2.70. The van der Waals surface area contributed by atoms with Crippen LogP contribution in [0.25, 0.3) is 0 Å². The Hall–Kier alpha value is -0.610. The highest BCUT2D eigenvalue weighted by molar-refractivity contribution is 5.75. The lowest BCUT2D eigenvalue weighted by molar-refractivity contribution is -0.120. The van der Waals surface area contributed by atoms with Gasteiger partial charge in [0, 0.05) is 38.1 Å². The third kappa shape index (κ3) is 3.64. The van der Waals surface area contributed by atoms with Crippen molar-refractivity contribution in [1.82, 2.24) is 10.6 Å². The van der Waals surface area contributed by atoms with Crippen molar-refractivity contribution in [2.75, 3.05) is 26.2 Å². The Labute approximate surface area is 85.1 Å². The van der Waals surface area contributed by atoms with Gasteiger partial charge in [0.2, 0.25) is 5.91 Å². The van der Waals surface area contributed by atoms with Gasteiger partial charge in [-0.25, -0.2) is 0 Å². The number of nitrogens with one attached hydrogen (secondary N) is 2. The molecule has 1 amide bonds. The van der Waals surface area contributed by atoms with Gasteiger partial charge >= 0.3 is 0 Å². The molecule has 0 aromatic heterocycles. The monoisotopic (exact) mass is 200 g/mol. The lowest BCUT2D eigenvalue weighted by atomic mass is 10.1. The highest BCUT2D eigenvalue weighted by atomic mass is 16.3. The molecule has 1 saturated carbocycles. The van der Waals surface area contributed by atoms with Crippen molar-refractivity contribution in [2.45, 2.75) is 26.2 Å². The minimum Gasteiger partial charge on any atom is -0.396 e. The van der Waals surface area contributed by atoms with Crippen LogP contribution >= 0.6 is 0 Å². The van der Waals surface area contributed by atoms with Gasteiger partial charge in [0.05, 0.1) is 0 Å². The van der Waals surface area contributed by atoms with E-state index in [1.807, 2.05) is 6.92 Å². The minimum absolute atomic E-state index is 0.0915. The molecule has 1 aliphatic carbocycles. The Bertz CT molecular complexity index is 191. The smallest absolute Gasteiger partial charge is 0.221 e. The van der Waals surface area contributed by atoms with E-state index in [4.69, 9.17) is 5.11 Å². The summed E-state index contributed by atoms with van der Waals surface area (Å²) in [4.78, 5) is 11.1. The zero-order valence-electron chi connectivity index (χ0n) is 8.81. The van der Waals surface area contributed by atoms with Gasteiger partial charge in [0.25, 0.3) is 0 Å². The molecule has 0 atom stereocenters. The van der Waals surface area contributed by atoms with Crippen molar-refractivity contribution in [3.63, 3.8) is 0 Å². The molecule has 82 valence electrons. The molecule has 1 aliphatic rings. The zero-order valence-corrected chi connectivity index (χ0v) is 8.81. The van der Waals surface area contributed by atoms with Gasteiger partial charge in [-0.2, -0.15) is 0 Å². The van der Waals surface area contributed by atoms with E-state index in [2.05, 4.69) is 10.6 Å². The molecule has 0 heterocycles. The summed E-state index contributed by atoms with van der Waals surface area (Å²) in [5.41, 5.74) is 0.140. The van der Waals surface area contributed by atoms with Gasteiger partial charge in [-0.15, -0.1) is 0 Å². The SMILES string of the molecule is CCNC(=O)CCNCC1(CO)CC1. The number of aliphatic hydroxyl groups excluding tert-OH is 1. The summed E-state index contributed by atoms with van der Waals surface area (Å²) in [7, 11) is 0. The van der Waals surface area contributed by atoms with E-state index in [0.29, 0.717) is 19.5 Å². The number of hydrogen-bond acceptors (Lipinski definition) is 3. The van der Waals surface area contributed by atoms with Crippen molar-refractivity contribution in [1.29, 1.82) is 0 Å². The topological polar surface area (TPSA) is 61.4 Å². The van der Waals surface area contributed by atoms with Gasteiger partial charge in [0.15, 0.2) is 0 Å². The first-order valence-corrected chi connectivity index (χ1v) is 5.31. The molecular formula is C10H20N2O2. The van der Waals surface area contributed by atoms with Crippen molar-refractivity contribution in [3.8, 4) is 0 Å². The lowest BCUT2D eigenvalue weighted by Gasteiger charge is -2.12. The zero-order chi connectivity index (χ0) is 10.4. The van der Waals surface area contributed by atoms with Gasteiger partial charge in [-0.3, -0.25) is 4.79 Å². The number of hydrogen-bond donors (Lipinski definition) is 3. The second-order valence-electron chi connectivity index (χ2n) is 4.04. The molecule has 4 heteroatoms. The Balaban J connectivity index is 1.97. The first kappa shape index (κ1) is 11.5. The summed E-state index contributed by atoms with van der Waals surface area (Å²) in [6.07, 6.45) is 2.74. The van der Waals surface area contributed by atoms with Gasteiger partial charge in [-0.1, -0.05) is 0 Å². The van der Waals surface area contributed by atoms with Crippen LogP contribution in [0.5, 0.6) is 0 Å². The number of carbonyl (C=O) groups is 1. The van der Waals surface area contributed by atoms with Crippen LogP contribution in [0.4, 0.5) is 0 Å². The van der Waals surface area contributed by atoms with E-state index in [0.717, 1.165) is 19.4 Å². The Morgan fingerprint density at radius 3 is 2.71 bits per heavy atom. The average Bonchev–Trinajstić information content (AvgIpc) is 2.94. The largest absolute Gasteiger partial charge is 0.396 e. The number of aliphatic hydroxyl groups is 1. The highest BCUT2D eigenvalue weighted by Crippen LogP contribution is 2.44. The molecule has 0 aliphatic heterocycles. The number of amides is 1. The summed E-state index contributed by atoms with van der Waals surface area (Å²) >= 11 is 0. The van der Waals surface area contributed by atoms with E-state index >= 15 is 0 Å². The molecule has 0 radical (unpaired) electrons. The highest BCUT2D eigenvalue weighted by Gasteiger charge is 2.41. The molecule has 1 rings (SSSR count). The fourth-order valence-corrected chi connectivity index (χ4v) is 1.41. The average molecular weight is 200 g/mol. The normalized spacial score (nSPS) is 17.9. The fraction of sp³-hybridized carbons (Fsp3) is 0.900. The quantitative estimate of drug-likeness (QED) is 0.502. The van der Waals surface area contributed by atoms with Crippen molar-refractivity contribution < 1.29 is 9.90 Å². The third-order valence-corrected chi connectivity index (χ3v) is 2.70. The van der Waals surface area contributed by atoms with Gasteiger partial charge in [-0.05, 0) is 19.8 Å². The predicted octanol–water partition coefficient (Wildman–Crippen LogP) is -0.125. The second kappa shape index (κ2) is 5.32. The summed E-state index contributed by atoms with van der Waals surface area (Å²) in [5.74, 6) is 0.0915. The number of rotatable bonds is 7. The maximum absolute atomic E-state index is 11.1. The molecule has 0 spiro atoms. The van der Waals surface area contributed by atoms with E-state index in [1.165, 1.54) is 0 Å². The first-order chi connectivity index (χ1) is 6.72. The first-order valence-electron chi connectivity index (χ1n) is 5.31. The van der Waals surface area contributed by atoms with E-state index in [1.54, 1.807) is 0 Å². The summed E-state index contributed by atoms with van der Waals surface area (Å²) in [5, 5.41) is 15.0. The molecular weight excluding hydrogens is 180 g/mol. The molecule has 0 aromatic rings. The van der Waals surface area contributed by atoms with Gasteiger partial charge < -0.3 is 15.7 Å². The fourth-order valence-electron chi connectivity index (χ4n) is 1.41. The predicted molar refractivity (Wildman–Crippen MR) is 54.9 cm³/mol. The molecule has 14 heavy (non-hydrogen) atoms. The standard InChI is InChI=1S/C10H20N2O2/c1-2-12-9(14)3-6-11-7-10(8-13)4-5-10/h11,13H,2-8H2,1H3,(H,12,14). The Kier molecular flexibility index (Phi) is 4.35. The maximum atomic E-state index is 11.1. The summed E-state index contributed by atoms with van der Waals surface area (Å²) in [6, 6.07) is 0. The van der Waals surface area contributed by atoms with Crippen LogP contribution in [-0.2, 0) is 4.79 Å². The molecule has 0 aromatic carbocycles. The lowest BCUT2D eigenvalue weighted by Crippen LogP contribution is -2.31. The van der Waals surface area contributed by atoms with Crippen LogP contribution < -0.4 is 10.6 Å². The summed E-state index contributed by atoms with van der Waals surface area (Å²) < 4.78 is 0. The van der Waals surface area contributed by atoms with Gasteiger partial charge in [0.1, 0.15) is 0 Å². The summed E-state index contributed by atoms with van der Waals surface area (Å²) in [6.45, 7) is 4.41. The van der Waals surface area contributed by atoms with E-state index in [9.17, 15) is 4.79 Å². The van der Waals surface area contributed by atoms with Crippen LogP contribution in [-0.4, -0.2) is 37.3 Å². The Morgan fingerprint density at radius 2 is 2.21 bits per heavy atom. The van der Waals surface area contributed by atoms with E-state index in [-0.39, 0.29) is 17.9 Å². The van der Waals surface area contributed by atoms with Crippen molar-refractivity contribution in [3.05, 3.63) is 0 Å². The molecule has 3 N–H and O–H groups in total. The maximum Gasteiger partial charge on any atom is 0.221 e. The van der Waals surface area contributed by atoms with Crippen LogP contribution in [0.15, 0.2) is 0 Å². The second-order valence-corrected chi connectivity index (χ2v) is 4.04. The number of carbonyl (C=O) groups excluding carboxylic acids is 1. The van der Waals surface area contributed by atoms with E-state index < -0.39 is 0 Å². The van der Waals surface area contributed by atoms with Crippen molar-refractivity contribution >= 4 is 5.91 Å². The Morgan fingerprint density at radius 1 is 1.50 bits per heavy atom. The van der Waals surface area contributed by atoms with Crippen LogP contribution in [0.1, 0.15) is 26.2 Å². The molecule has 1 fully saturated rings. The van der Waals surface area contributed by atoms with Crippen LogP contribution in [0, 0.1) is 5.41 Å². The van der Waals surface area contributed by atoms with Crippen LogP contribution in [0.3, 0.4) is 0 Å².